The maximum atomic E-state index is 13.3. The predicted molar refractivity (Wildman–Crippen MR) is 91.0 cm³/mol. The Labute approximate surface area is 142 Å². The summed E-state index contributed by atoms with van der Waals surface area (Å²) in [5.74, 6) is -0.474. The van der Waals surface area contributed by atoms with Crippen LogP contribution >= 0.6 is 0 Å². The van der Waals surface area contributed by atoms with Crippen LogP contribution in [0.25, 0.3) is 0 Å². The van der Waals surface area contributed by atoms with E-state index in [1.807, 2.05) is 30.3 Å². The molecule has 0 radical (unpaired) electrons. The van der Waals surface area contributed by atoms with Crippen LogP contribution in [-0.4, -0.2) is 19.3 Å². The summed E-state index contributed by atoms with van der Waals surface area (Å²) in [5, 5.41) is 0. The summed E-state index contributed by atoms with van der Waals surface area (Å²) < 4.78 is 32.2. The number of carbonyl (C=O) groups is 1. The molecule has 1 fully saturated rings. The molecular weight excluding hydrogens is 324 g/mol. The topological polar surface area (TPSA) is 60.4 Å². The van der Waals surface area contributed by atoms with E-state index >= 15 is 0 Å². The van der Waals surface area contributed by atoms with Crippen molar-refractivity contribution in [3.8, 4) is 0 Å². The van der Waals surface area contributed by atoms with Gasteiger partial charge < -0.3 is 4.74 Å². The first-order valence-electron chi connectivity index (χ1n) is 7.84. The third-order valence-electron chi connectivity index (χ3n) is 4.40. The minimum atomic E-state index is -3.85. The highest BCUT2D eigenvalue weighted by molar-refractivity contribution is 7.92. The number of benzene rings is 2. The summed E-state index contributed by atoms with van der Waals surface area (Å²) in [6.45, 7) is 3.45. The number of carbonyl (C=O) groups excluding carboxylic acids is 1. The van der Waals surface area contributed by atoms with E-state index < -0.39 is 26.2 Å². The zero-order valence-corrected chi connectivity index (χ0v) is 14.5. The fraction of sp³-hybridized carbons (Fsp3) is 0.316. The van der Waals surface area contributed by atoms with Crippen LogP contribution in [-0.2, 0) is 25.8 Å². The highest BCUT2D eigenvalue weighted by atomic mass is 32.2. The normalized spacial score (nSPS) is 23.0. The van der Waals surface area contributed by atoms with Gasteiger partial charge in [0.1, 0.15) is 0 Å². The van der Waals surface area contributed by atoms with Crippen LogP contribution in [0.5, 0.6) is 0 Å². The molecule has 1 aliphatic heterocycles. The van der Waals surface area contributed by atoms with Crippen molar-refractivity contribution in [2.75, 3.05) is 0 Å². The van der Waals surface area contributed by atoms with Gasteiger partial charge in [0.15, 0.2) is 0 Å². The van der Waals surface area contributed by atoms with Crippen molar-refractivity contribution in [1.82, 2.24) is 0 Å². The van der Waals surface area contributed by atoms with E-state index in [4.69, 9.17) is 4.74 Å². The van der Waals surface area contributed by atoms with E-state index in [1.165, 1.54) is 0 Å². The molecule has 0 spiro atoms. The molecule has 0 amide bonds. The Balaban J connectivity index is 2.12. The van der Waals surface area contributed by atoms with Gasteiger partial charge in [-0.25, -0.2) is 8.42 Å². The Morgan fingerprint density at radius 3 is 2.00 bits per heavy atom. The maximum absolute atomic E-state index is 13.3. The molecule has 0 aliphatic carbocycles. The molecule has 1 heterocycles. The summed E-state index contributed by atoms with van der Waals surface area (Å²) in [5.41, 5.74) is -0.0149. The van der Waals surface area contributed by atoms with Gasteiger partial charge >= 0.3 is 5.97 Å². The van der Waals surface area contributed by atoms with Crippen molar-refractivity contribution in [1.29, 1.82) is 0 Å². The lowest BCUT2D eigenvalue weighted by atomic mass is 9.88. The third kappa shape index (κ3) is 2.73. The quantitative estimate of drug-likeness (QED) is 0.798. The van der Waals surface area contributed by atoms with Crippen LogP contribution in [0.3, 0.4) is 0 Å². The van der Waals surface area contributed by atoms with Gasteiger partial charge in [-0.1, -0.05) is 48.5 Å². The minimum absolute atomic E-state index is 0.130. The van der Waals surface area contributed by atoms with E-state index in [0.717, 1.165) is 5.56 Å². The van der Waals surface area contributed by atoms with Crippen LogP contribution in [0.15, 0.2) is 65.6 Å². The Morgan fingerprint density at radius 2 is 1.50 bits per heavy atom. The molecule has 1 saturated heterocycles. The number of hydrogen-bond donors (Lipinski definition) is 0. The lowest BCUT2D eigenvalue weighted by Gasteiger charge is -2.28. The lowest BCUT2D eigenvalue weighted by molar-refractivity contribution is -0.149. The van der Waals surface area contributed by atoms with E-state index in [9.17, 15) is 13.2 Å². The number of rotatable bonds is 4. The molecule has 1 atom stereocenters. The third-order valence-corrected chi connectivity index (χ3v) is 6.65. The van der Waals surface area contributed by atoms with Crippen LogP contribution < -0.4 is 0 Å². The van der Waals surface area contributed by atoms with Crippen LogP contribution in [0, 0.1) is 5.41 Å². The van der Waals surface area contributed by atoms with Gasteiger partial charge in [-0.15, -0.1) is 0 Å². The number of hydrogen-bond acceptors (Lipinski definition) is 4. The molecule has 3 rings (SSSR count). The van der Waals surface area contributed by atoms with Gasteiger partial charge in [0, 0.05) is 12.8 Å². The van der Waals surface area contributed by atoms with Gasteiger partial charge in [-0.05, 0) is 31.5 Å². The second-order valence-electron chi connectivity index (χ2n) is 6.84. The van der Waals surface area contributed by atoms with Crippen LogP contribution in [0.4, 0.5) is 0 Å². The predicted octanol–water partition coefficient (Wildman–Crippen LogP) is 3.37. The van der Waals surface area contributed by atoms with Crippen molar-refractivity contribution in [2.45, 2.75) is 36.5 Å². The van der Waals surface area contributed by atoms with Gasteiger partial charge in [0.2, 0.25) is 14.8 Å². The number of ether oxygens (including phenoxy) is 1. The van der Waals surface area contributed by atoms with Crippen molar-refractivity contribution in [3.05, 3.63) is 66.2 Å². The van der Waals surface area contributed by atoms with Gasteiger partial charge in [0.05, 0.1) is 10.3 Å². The average molecular weight is 344 g/mol. The fourth-order valence-electron chi connectivity index (χ4n) is 3.15. The van der Waals surface area contributed by atoms with Crippen molar-refractivity contribution in [2.24, 2.45) is 5.41 Å². The first-order chi connectivity index (χ1) is 11.3. The van der Waals surface area contributed by atoms with Crippen molar-refractivity contribution < 1.29 is 17.9 Å². The van der Waals surface area contributed by atoms with E-state index in [2.05, 4.69) is 0 Å². The zero-order valence-electron chi connectivity index (χ0n) is 13.7. The second-order valence-corrected chi connectivity index (χ2v) is 9.06. The molecular formula is C19H20O4S. The molecule has 24 heavy (non-hydrogen) atoms. The number of cyclic esters (lactones) is 1. The average Bonchev–Trinajstić information content (AvgIpc) is 2.79. The molecule has 1 aliphatic rings. The number of esters is 1. The van der Waals surface area contributed by atoms with E-state index in [-0.39, 0.29) is 17.7 Å². The SMILES string of the molecule is CC1(C)CC(Cc2ccccc2)(S(=O)(=O)c2ccccc2)OC1=O. The molecule has 0 N–H and O–H groups in total. The summed E-state index contributed by atoms with van der Waals surface area (Å²) in [6, 6.07) is 17.4. The first kappa shape index (κ1) is 16.7. The Kier molecular flexibility index (Phi) is 4.00. The minimum Gasteiger partial charge on any atom is -0.441 e. The Morgan fingerprint density at radius 1 is 0.958 bits per heavy atom. The highest BCUT2D eigenvalue weighted by Gasteiger charge is 2.59. The largest absolute Gasteiger partial charge is 0.441 e. The molecule has 126 valence electrons. The fourth-order valence-corrected chi connectivity index (χ4v) is 5.19. The first-order valence-corrected chi connectivity index (χ1v) is 9.32. The smallest absolute Gasteiger partial charge is 0.313 e. The van der Waals surface area contributed by atoms with Crippen LogP contribution in [0.2, 0.25) is 0 Å². The molecule has 4 nitrogen and oxygen atoms in total. The molecule has 5 heteroatoms. The highest BCUT2D eigenvalue weighted by Crippen LogP contribution is 2.47. The van der Waals surface area contributed by atoms with E-state index in [0.29, 0.717) is 0 Å². The van der Waals surface area contributed by atoms with Crippen molar-refractivity contribution >= 4 is 15.8 Å². The molecule has 0 aromatic heterocycles. The summed E-state index contributed by atoms with van der Waals surface area (Å²) in [7, 11) is -3.85. The Bertz CT molecular complexity index is 841. The van der Waals surface area contributed by atoms with Crippen LogP contribution in [0.1, 0.15) is 25.8 Å². The van der Waals surface area contributed by atoms with Crippen molar-refractivity contribution in [3.63, 3.8) is 0 Å². The maximum Gasteiger partial charge on any atom is 0.313 e. The summed E-state index contributed by atoms with van der Waals surface area (Å²) in [4.78, 5) is 10.9. The second kappa shape index (κ2) is 5.74. The summed E-state index contributed by atoms with van der Waals surface area (Å²) >= 11 is 0. The number of sulfone groups is 1. The molecule has 2 aromatic rings. The standard InChI is InChI=1S/C19H20O4S/c1-18(2)14-19(23-17(18)20,13-15-9-5-3-6-10-15)24(21,22)16-11-7-4-8-12-16/h3-12H,13-14H2,1-2H3. The molecule has 0 saturated carbocycles. The molecule has 2 aromatic carbocycles. The lowest BCUT2D eigenvalue weighted by Crippen LogP contribution is -2.41. The van der Waals surface area contributed by atoms with Gasteiger partial charge in [-0.2, -0.15) is 0 Å². The monoisotopic (exact) mass is 344 g/mol. The van der Waals surface area contributed by atoms with Gasteiger partial charge in [0.25, 0.3) is 0 Å². The summed E-state index contributed by atoms with van der Waals surface area (Å²) in [6.07, 6.45) is 0.269. The Hall–Kier alpha value is -2.14. The van der Waals surface area contributed by atoms with E-state index in [1.54, 1.807) is 44.2 Å². The molecule has 0 bridgehead atoms. The van der Waals surface area contributed by atoms with Gasteiger partial charge in [-0.3, -0.25) is 4.79 Å². The molecule has 1 unspecified atom stereocenters. The zero-order chi connectivity index (χ0) is 17.4.